The van der Waals surface area contributed by atoms with E-state index in [9.17, 15) is 0 Å². The maximum atomic E-state index is 5.93. The number of rotatable bonds is 6. The predicted octanol–water partition coefficient (Wildman–Crippen LogP) is 1.22. The highest BCUT2D eigenvalue weighted by atomic mass is 16.5. The molecule has 22 heavy (non-hydrogen) atoms. The second-order valence-electron chi connectivity index (χ2n) is 6.02. The van der Waals surface area contributed by atoms with Gasteiger partial charge in [-0.1, -0.05) is 5.16 Å². The number of hydrogen-bond donors (Lipinski definition) is 1. The summed E-state index contributed by atoms with van der Waals surface area (Å²) in [7, 11) is 1.87. The quantitative estimate of drug-likeness (QED) is 0.865. The minimum Gasteiger partial charge on any atom is -0.483 e. The monoisotopic (exact) mass is 304 g/mol. The normalized spacial score (nSPS) is 24.8. The van der Waals surface area contributed by atoms with E-state index in [-0.39, 0.29) is 12.1 Å². The SMILES string of the molecule is Cn1cc(O[C@@H]2COC[C@@H]2NCc2cc(C3CC3)no2)cn1. The van der Waals surface area contributed by atoms with Crippen molar-refractivity contribution in [2.75, 3.05) is 13.2 Å². The summed E-state index contributed by atoms with van der Waals surface area (Å²) >= 11 is 0. The van der Waals surface area contributed by atoms with Gasteiger partial charge in [0.25, 0.3) is 0 Å². The topological polar surface area (TPSA) is 74.3 Å². The molecule has 3 heterocycles. The first-order valence-corrected chi connectivity index (χ1v) is 7.70. The van der Waals surface area contributed by atoms with E-state index in [1.54, 1.807) is 10.9 Å². The molecule has 0 bridgehead atoms. The van der Waals surface area contributed by atoms with Crippen molar-refractivity contribution in [1.82, 2.24) is 20.3 Å². The van der Waals surface area contributed by atoms with Crippen molar-refractivity contribution in [2.45, 2.75) is 37.5 Å². The van der Waals surface area contributed by atoms with Crippen molar-refractivity contribution in [3.05, 3.63) is 29.9 Å². The molecular weight excluding hydrogens is 284 g/mol. The van der Waals surface area contributed by atoms with Gasteiger partial charge in [0, 0.05) is 19.0 Å². The van der Waals surface area contributed by atoms with E-state index >= 15 is 0 Å². The van der Waals surface area contributed by atoms with Crippen LogP contribution in [0.3, 0.4) is 0 Å². The molecule has 0 unspecified atom stereocenters. The van der Waals surface area contributed by atoms with Crippen LogP contribution in [0.2, 0.25) is 0 Å². The highest BCUT2D eigenvalue weighted by Crippen LogP contribution is 2.39. The summed E-state index contributed by atoms with van der Waals surface area (Å²) in [6.45, 7) is 1.85. The summed E-state index contributed by atoms with van der Waals surface area (Å²) in [4.78, 5) is 0. The molecule has 118 valence electrons. The average Bonchev–Trinajstić information content (AvgIpc) is 2.92. The Bertz CT molecular complexity index is 634. The third-order valence-electron chi connectivity index (χ3n) is 4.11. The van der Waals surface area contributed by atoms with Crippen LogP contribution in [0, 0.1) is 0 Å². The molecule has 0 radical (unpaired) electrons. The fourth-order valence-corrected chi connectivity index (χ4v) is 2.69. The fraction of sp³-hybridized carbons (Fsp3) is 0.600. The zero-order valence-corrected chi connectivity index (χ0v) is 12.6. The molecule has 1 aliphatic carbocycles. The van der Waals surface area contributed by atoms with Crippen molar-refractivity contribution in [3.8, 4) is 5.75 Å². The molecule has 1 N–H and O–H groups in total. The molecule has 0 spiro atoms. The highest BCUT2D eigenvalue weighted by Gasteiger charge is 2.31. The molecular formula is C15H20N4O3. The molecule has 2 aliphatic rings. The summed E-state index contributed by atoms with van der Waals surface area (Å²) in [5.74, 6) is 2.25. The molecule has 2 fully saturated rings. The van der Waals surface area contributed by atoms with Crippen LogP contribution in [-0.4, -0.2) is 40.3 Å². The summed E-state index contributed by atoms with van der Waals surface area (Å²) in [6.07, 6.45) is 6.02. The van der Waals surface area contributed by atoms with Gasteiger partial charge >= 0.3 is 0 Å². The Kier molecular flexibility index (Phi) is 3.59. The molecule has 2 aromatic heterocycles. The maximum Gasteiger partial charge on any atom is 0.157 e. The van der Waals surface area contributed by atoms with Gasteiger partial charge in [-0.15, -0.1) is 0 Å². The minimum absolute atomic E-state index is 0.0185. The Hall–Kier alpha value is -1.86. The van der Waals surface area contributed by atoms with E-state index in [0.29, 0.717) is 25.7 Å². The molecule has 2 aromatic rings. The predicted molar refractivity (Wildman–Crippen MR) is 77.5 cm³/mol. The van der Waals surface area contributed by atoms with Gasteiger partial charge in [0.1, 0.15) is 6.10 Å². The second-order valence-corrected chi connectivity index (χ2v) is 6.02. The third-order valence-corrected chi connectivity index (χ3v) is 4.11. The summed E-state index contributed by atoms with van der Waals surface area (Å²) in [5.41, 5.74) is 1.09. The van der Waals surface area contributed by atoms with Crippen molar-refractivity contribution < 1.29 is 14.0 Å². The first-order chi connectivity index (χ1) is 10.8. The standard InChI is InChI=1S/C15H20N4O3/c1-19-7-12(6-17-19)21-15-9-20-8-14(15)16-5-11-4-13(18-22-11)10-2-3-10/h4,6-7,10,14-16H,2-3,5,8-9H2,1H3/t14-,15+/m0/s1. The van der Waals surface area contributed by atoms with Gasteiger partial charge in [0.05, 0.1) is 43.9 Å². The third kappa shape index (κ3) is 3.00. The van der Waals surface area contributed by atoms with Gasteiger partial charge in [-0.3, -0.25) is 4.68 Å². The zero-order valence-electron chi connectivity index (χ0n) is 12.6. The summed E-state index contributed by atoms with van der Waals surface area (Å²) in [6, 6.07) is 2.19. The molecule has 0 amide bonds. The molecule has 2 atom stereocenters. The minimum atomic E-state index is -0.0185. The lowest BCUT2D eigenvalue weighted by Gasteiger charge is -2.18. The van der Waals surface area contributed by atoms with Crippen LogP contribution in [0.25, 0.3) is 0 Å². The molecule has 4 rings (SSSR count). The van der Waals surface area contributed by atoms with Crippen molar-refractivity contribution in [3.63, 3.8) is 0 Å². The van der Waals surface area contributed by atoms with E-state index < -0.39 is 0 Å². The van der Waals surface area contributed by atoms with Crippen LogP contribution in [0.1, 0.15) is 30.2 Å². The highest BCUT2D eigenvalue weighted by molar-refractivity contribution is 5.16. The lowest BCUT2D eigenvalue weighted by Crippen LogP contribution is -2.41. The van der Waals surface area contributed by atoms with Crippen LogP contribution in [-0.2, 0) is 18.3 Å². The maximum absolute atomic E-state index is 5.93. The van der Waals surface area contributed by atoms with Gasteiger partial charge in [0.15, 0.2) is 11.5 Å². The van der Waals surface area contributed by atoms with Crippen LogP contribution < -0.4 is 10.1 Å². The number of ether oxygens (including phenoxy) is 2. The van der Waals surface area contributed by atoms with Gasteiger partial charge < -0.3 is 19.3 Å². The van der Waals surface area contributed by atoms with Crippen LogP contribution >= 0.6 is 0 Å². The van der Waals surface area contributed by atoms with E-state index in [0.717, 1.165) is 17.2 Å². The van der Waals surface area contributed by atoms with E-state index in [1.807, 2.05) is 13.2 Å². The summed E-state index contributed by atoms with van der Waals surface area (Å²) < 4.78 is 18.6. The first-order valence-electron chi connectivity index (χ1n) is 7.70. The summed E-state index contributed by atoms with van der Waals surface area (Å²) in [5, 5.41) is 11.7. The smallest absolute Gasteiger partial charge is 0.157 e. The largest absolute Gasteiger partial charge is 0.483 e. The van der Waals surface area contributed by atoms with Crippen molar-refractivity contribution in [1.29, 1.82) is 0 Å². The van der Waals surface area contributed by atoms with Crippen LogP contribution in [0.5, 0.6) is 5.75 Å². The van der Waals surface area contributed by atoms with Crippen LogP contribution in [0.4, 0.5) is 0 Å². The second kappa shape index (κ2) is 5.73. The zero-order chi connectivity index (χ0) is 14.9. The Morgan fingerprint density at radius 2 is 2.32 bits per heavy atom. The van der Waals surface area contributed by atoms with E-state index in [1.165, 1.54) is 12.8 Å². The van der Waals surface area contributed by atoms with E-state index in [2.05, 4.69) is 21.6 Å². The molecule has 0 aromatic carbocycles. The molecule has 7 nitrogen and oxygen atoms in total. The molecule has 1 saturated carbocycles. The van der Waals surface area contributed by atoms with Gasteiger partial charge in [-0.25, -0.2) is 0 Å². The van der Waals surface area contributed by atoms with Gasteiger partial charge in [-0.2, -0.15) is 5.10 Å². The fourth-order valence-electron chi connectivity index (χ4n) is 2.69. The van der Waals surface area contributed by atoms with Crippen molar-refractivity contribution in [2.24, 2.45) is 7.05 Å². The lowest BCUT2D eigenvalue weighted by molar-refractivity contribution is 0.139. The molecule has 1 aliphatic heterocycles. The van der Waals surface area contributed by atoms with Gasteiger partial charge in [0.2, 0.25) is 0 Å². The van der Waals surface area contributed by atoms with E-state index in [4.69, 9.17) is 14.0 Å². The molecule has 1 saturated heterocycles. The number of aromatic nitrogens is 3. The average molecular weight is 304 g/mol. The Morgan fingerprint density at radius 1 is 1.41 bits per heavy atom. The molecule has 7 heteroatoms. The Labute approximate surface area is 128 Å². The van der Waals surface area contributed by atoms with Crippen LogP contribution in [0.15, 0.2) is 23.0 Å². The number of hydrogen-bond acceptors (Lipinski definition) is 6. The lowest BCUT2D eigenvalue weighted by atomic mass is 10.2. The van der Waals surface area contributed by atoms with Crippen molar-refractivity contribution >= 4 is 0 Å². The first kappa shape index (κ1) is 13.8. The Morgan fingerprint density at radius 3 is 3.09 bits per heavy atom. The Balaban J connectivity index is 1.32. The van der Waals surface area contributed by atoms with Gasteiger partial charge in [-0.05, 0) is 12.8 Å². The number of aryl methyl sites for hydroxylation is 1. The number of nitrogens with one attached hydrogen (secondary N) is 1. The number of nitrogens with zero attached hydrogens (tertiary/aromatic N) is 3.